The standard InChI is InChI=1S/C30H25NO6/c1-35-24-10-5-9-22(17-24)28(32)26-27(31(30(34)29(26)33)18-25-11-6-16-36-25)21-12-14-23(15-13-21)37-19-20-7-3-2-4-8-20/h2-17,27,32H,18-19H2,1H3/b28-26-. The first kappa shape index (κ1) is 23.9. The molecule has 1 aliphatic heterocycles. The third-order valence-electron chi connectivity index (χ3n) is 6.23. The van der Waals surface area contributed by atoms with Crippen LogP contribution in [0.2, 0.25) is 0 Å². The molecule has 0 radical (unpaired) electrons. The number of hydrogen-bond acceptors (Lipinski definition) is 6. The predicted octanol–water partition coefficient (Wildman–Crippen LogP) is 5.49. The summed E-state index contributed by atoms with van der Waals surface area (Å²) in [7, 11) is 1.52. The lowest BCUT2D eigenvalue weighted by Crippen LogP contribution is -2.29. The second-order valence-electron chi connectivity index (χ2n) is 8.58. The van der Waals surface area contributed by atoms with Crippen LogP contribution in [0.1, 0.15) is 28.5 Å². The molecule has 1 N–H and O–H groups in total. The summed E-state index contributed by atoms with van der Waals surface area (Å²) in [5.74, 6) is -0.0602. The van der Waals surface area contributed by atoms with Crippen molar-refractivity contribution in [2.45, 2.75) is 19.2 Å². The monoisotopic (exact) mass is 495 g/mol. The van der Waals surface area contributed by atoms with Crippen molar-refractivity contribution in [2.24, 2.45) is 0 Å². The molecule has 5 rings (SSSR count). The van der Waals surface area contributed by atoms with Gasteiger partial charge in [0.2, 0.25) is 0 Å². The second-order valence-corrected chi connectivity index (χ2v) is 8.58. The Morgan fingerprint density at radius 3 is 2.41 bits per heavy atom. The van der Waals surface area contributed by atoms with E-state index >= 15 is 0 Å². The Kier molecular flexibility index (Phi) is 6.76. The number of ketones is 1. The van der Waals surface area contributed by atoms with E-state index in [0.717, 1.165) is 5.56 Å². The minimum Gasteiger partial charge on any atom is -0.507 e. The molecule has 7 nitrogen and oxygen atoms in total. The summed E-state index contributed by atoms with van der Waals surface area (Å²) in [6.07, 6.45) is 1.51. The van der Waals surface area contributed by atoms with Crippen molar-refractivity contribution >= 4 is 17.4 Å². The molecule has 1 atom stereocenters. The lowest BCUT2D eigenvalue weighted by atomic mass is 9.95. The summed E-state index contributed by atoms with van der Waals surface area (Å²) in [6, 6.07) is 26.3. The van der Waals surface area contributed by atoms with Crippen LogP contribution in [0.5, 0.6) is 11.5 Å². The number of ether oxygens (including phenoxy) is 2. The zero-order valence-electron chi connectivity index (χ0n) is 20.2. The number of carbonyl (C=O) groups excluding carboxylic acids is 2. The molecule has 0 bridgehead atoms. The van der Waals surface area contributed by atoms with Crippen LogP contribution in [-0.2, 0) is 22.7 Å². The van der Waals surface area contributed by atoms with E-state index in [9.17, 15) is 14.7 Å². The van der Waals surface area contributed by atoms with E-state index in [4.69, 9.17) is 13.9 Å². The van der Waals surface area contributed by atoms with Crippen molar-refractivity contribution in [2.75, 3.05) is 7.11 Å². The molecule has 1 aliphatic rings. The van der Waals surface area contributed by atoms with Crippen molar-refractivity contribution in [3.8, 4) is 11.5 Å². The van der Waals surface area contributed by atoms with Gasteiger partial charge in [0.05, 0.1) is 31.5 Å². The highest BCUT2D eigenvalue weighted by atomic mass is 16.5. The Hall–Kier alpha value is -4.78. The normalized spacial score (nSPS) is 16.7. The van der Waals surface area contributed by atoms with Crippen LogP contribution in [-0.4, -0.2) is 28.8 Å². The largest absolute Gasteiger partial charge is 0.507 e. The molecule has 1 amide bonds. The lowest BCUT2D eigenvalue weighted by molar-refractivity contribution is -0.140. The Morgan fingerprint density at radius 1 is 0.919 bits per heavy atom. The molecular weight excluding hydrogens is 470 g/mol. The summed E-state index contributed by atoms with van der Waals surface area (Å²) < 4.78 is 16.6. The zero-order chi connectivity index (χ0) is 25.8. The van der Waals surface area contributed by atoms with Gasteiger partial charge in [0, 0.05) is 5.56 Å². The highest BCUT2D eigenvalue weighted by molar-refractivity contribution is 6.46. The van der Waals surface area contributed by atoms with Crippen molar-refractivity contribution in [3.05, 3.63) is 125 Å². The van der Waals surface area contributed by atoms with Gasteiger partial charge >= 0.3 is 0 Å². The SMILES string of the molecule is COc1cccc(/C(O)=C2/C(=O)C(=O)N(Cc3ccco3)C2c2ccc(OCc3ccccc3)cc2)c1. The minimum atomic E-state index is -0.820. The summed E-state index contributed by atoms with van der Waals surface area (Å²) in [5, 5.41) is 11.2. The Bertz CT molecular complexity index is 1420. The predicted molar refractivity (Wildman–Crippen MR) is 137 cm³/mol. The Labute approximate surface area is 214 Å². The summed E-state index contributed by atoms with van der Waals surface area (Å²) in [5.41, 5.74) is 2.07. The lowest BCUT2D eigenvalue weighted by Gasteiger charge is -2.24. The van der Waals surface area contributed by atoms with Gasteiger partial charge < -0.3 is 23.9 Å². The van der Waals surface area contributed by atoms with E-state index in [0.29, 0.717) is 35.0 Å². The van der Waals surface area contributed by atoms with Gasteiger partial charge in [0.1, 0.15) is 29.6 Å². The van der Waals surface area contributed by atoms with Crippen LogP contribution >= 0.6 is 0 Å². The number of benzene rings is 3. The quantitative estimate of drug-likeness (QED) is 0.198. The minimum absolute atomic E-state index is 0.00256. The van der Waals surface area contributed by atoms with E-state index in [1.54, 1.807) is 60.7 Å². The van der Waals surface area contributed by atoms with Gasteiger partial charge in [-0.1, -0.05) is 54.6 Å². The molecule has 3 aromatic carbocycles. The van der Waals surface area contributed by atoms with Crippen molar-refractivity contribution in [1.29, 1.82) is 0 Å². The Balaban J connectivity index is 1.51. The first-order chi connectivity index (χ1) is 18.0. The third-order valence-corrected chi connectivity index (χ3v) is 6.23. The average molecular weight is 496 g/mol. The van der Waals surface area contributed by atoms with Gasteiger partial charge in [0.25, 0.3) is 11.7 Å². The number of amides is 1. The molecule has 186 valence electrons. The van der Waals surface area contributed by atoms with Gasteiger partial charge in [-0.2, -0.15) is 0 Å². The van der Waals surface area contributed by atoms with E-state index in [2.05, 4.69) is 0 Å². The van der Waals surface area contributed by atoms with Crippen LogP contribution in [0.15, 0.2) is 107 Å². The maximum absolute atomic E-state index is 13.2. The molecule has 1 aromatic heterocycles. The number of furan rings is 1. The molecule has 0 saturated carbocycles. The summed E-state index contributed by atoms with van der Waals surface area (Å²) in [4.78, 5) is 27.8. The van der Waals surface area contributed by atoms with Gasteiger partial charge in [-0.25, -0.2) is 0 Å². The number of carbonyl (C=O) groups is 2. The van der Waals surface area contributed by atoms with E-state index in [-0.39, 0.29) is 17.9 Å². The van der Waals surface area contributed by atoms with Crippen molar-refractivity contribution in [1.82, 2.24) is 4.90 Å². The number of rotatable bonds is 8. The van der Waals surface area contributed by atoms with Crippen LogP contribution in [0, 0.1) is 0 Å². The van der Waals surface area contributed by atoms with Crippen LogP contribution < -0.4 is 9.47 Å². The van der Waals surface area contributed by atoms with Gasteiger partial charge in [-0.3, -0.25) is 9.59 Å². The molecule has 0 spiro atoms. The molecule has 7 heteroatoms. The topological polar surface area (TPSA) is 89.2 Å². The first-order valence-corrected chi connectivity index (χ1v) is 11.8. The van der Waals surface area contributed by atoms with Crippen LogP contribution in [0.25, 0.3) is 5.76 Å². The third kappa shape index (κ3) is 4.97. The maximum Gasteiger partial charge on any atom is 0.296 e. The molecule has 1 unspecified atom stereocenters. The maximum atomic E-state index is 13.2. The van der Waals surface area contributed by atoms with Crippen molar-refractivity contribution in [3.63, 3.8) is 0 Å². The smallest absolute Gasteiger partial charge is 0.296 e. The fourth-order valence-electron chi connectivity index (χ4n) is 4.37. The number of aliphatic hydroxyl groups excluding tert-OH is 1. The van der Waals surface area contributed by atoms with E-state index in [1.807, 2.05) is 30.3 Å². The number of nitrogens with zero attached hydrogens (tertiary/aromatic N) is 1. The average Bonchev–Trinajstić information content (AvgIpc) is 3.55. The van der Waals surface area contributed by atoms with Gasteiger partial charge in [-0.05, 0) is 47.5 Å². The molecule has 1 fully saturated rings. The van der Waals surface area contributed by atoms with Crippen molar-refractivity contribution < 1.29 is 28.6 Å². The number of likely N-dealkylation sites (tertiary alicyclic amines) is 1. The number of methoxy groups -OCH3 is 1. The molecular formula is C30H25NO6. The Morgan fingerprint density at radius 2 is 1.70 bits per heavy atom. The summed E-state index contributed by atoms with van der Waals surface area (Å²) >= 11 is 0. The highest BCUT2D eigenvalue weighted by Crippen LogP contribution is 2.41. The molecule has 4 aromatic rings. The van der Waals surface area contributed by atoms with E-state index in [1.165, 1.54) is 18.3 Å². The molecule has 1 saturated heterocycles. The van der Waals surface area contributed by atoms with Crippen LogP contribution in [0.3, 0.4) is 0 Å². The molecule has 0 aliphatic carbocycles. The zero-order valence-corrected chi connectivity index (χ0v) is 20.2. The fourth-order valence-corrected chi connectivity index (χ4v) is 4.37. The summed E-state index contributed by atoms with van der Waals surface area (Å²) in [6.45, 7) is 0.483. The number of aliphatic hydroxyl groups is 1. The van der Waals surface area contributed by atoms with Gasteiger partial charge in [0.15, 0.2) is 0 Å². The van der Waals surface area contributed by atoms with Crippen LogP contribution in [0.4, 0.5) is 0 Å². The second kappa shape index (κ2) is 10.5. The highest BCUT2D eigenvalue weighted by Gasteiger charge is 2.46. The molecule has 37 heavy (non-hydrogen) atoms. The molecule has 2 heterocycles. The van der Waals surface area contributed by atoms with E-state index < -0.39 is 17.7 Å². The fraction of sp³-hybridized carbons (Fsp3) is 0.133. The van der Waals surface area contributed by atoms with Gasteiger partial charge in [-0.15, -0.1) is 0 Å². The first-order valence-electron chi connectivity index (χ1n) is 11.8. The number of Topliss-reactive ketones (excluding diaryl/α,β-unsaturated/α-hetero) is 1. The number of hydrogen-bond donors (Lipinski definition) is 1.